The van der Waals surface area contributed by atoms with Gasteiger partial charge in [0.15, 0.2) is 5.96 Å². The van der Waals surface area contributed by atoms with Gasteiger partial charge in [-0.1, -0.05) is 48.0 Å². The number of para-hydroxylation sites is 1. The van der Waals surface area contributed by atoms with Crippen LogP contribution in [-0.4, -0.2) is 22.8 Å². The number of rotatable bonds is 5. The van der Waals surface area contributed by atoms with Crippen molar-refractivity contribution in [1.29, 1.82) is 0 Å². The molecular formula is C22H27N5. The van der Waals surface area contributed by atoms with Crippen LogP contribution in [0.1, 0.15) is 28.1 Å². The first kappa shape index (κ1) is 18.7. The second-order valence-corrected chi connectivity index (χ2v) is 6.74. The summed E-state index contributed by atoms with van der Waals surface area (Å²) in [4.78, 5) is 4.34. The number of hydrogen-bond acceptors (Lipinski definition) is 2. The maximum Gasteiger partial charge on any atom is 0.191 e. The Morgan fingerprint density at radius 1 is 0.963 bits per heavy atom. The predicted molar refractivity (Wildman–Crippen MR) is 111 cm³/mol. The van der Waals surface area contributed by atoms with Gasteiger partial charge in [-0.2, -0.15) is 5.10 Å². The van der Waals surface area contributed by atoms with E-state index in [1.165, 1.54) is 16.7 Å². The molecule has 0 saturated heterocycles. The summed E-state index contributed by atoms with van der Waals surface area (Å²) in [5.74, 6) is 0.777. The first-order valence-corrected chi connectivity index (χ1v) is 9.18. The molecule has 27 heavy (non-hydrogen) atoms. The first-order chi connectivity index (χ1) is 13.1. The minimum atomic E-state index is 0.669. The van der Waals surface area contributed by atoms with Gasteiger partial charge in [0, 0.05) is 25.8 Å². The molecule has 2 N–H and O–H groups in total. The van der Waals surface area contributed by atoms with Gasteiger partial charge in [-0.05, 0) is 44.0 Å². The Balaban J connectivity index is 1.68. The number of nitrogens with one attached hydrogen (secondary N) is 2. The average Bonchev–Trinajstić information content (AvgIpc) is 3.00. The molecule has 0 aliphatic heterocycles. The smallest absolute Gasteiger partial charge is 0.191 e. The molecule has 0 aliphatic rings. The Morgan fingerprint density at radius 3 is 2.44 bits per heavy atom. The molecule has 0 fully saturated rings. The van der Waals surface area contributed by atoms with Gasteiger partial charge in [0.25, 0.3) is 0 Å². The lowest BCUT2D eigenvalue weighted by atomic mass is 10.1. The number of aliphatic imine (C=N–C) groups is 1. The molecule has 140 valence electrons. The van der Waals surface area contributed by atoms with E-state index in [-0.39, 0.29) is 0 Å². The fraction of sp³-hybridized carbons (Fsp3) is 0.273. The third-order valence-electron chi connectivity index (χ3n) is 4.44. The summed E-state index contributed by atoms with van der Waals surface area (Å²) in [6, 6.07) is 18.9. The lowest BCUT2D eigenvalue weighted by molar-refractivity contribution is 0.781. The standard InChI is InChI=1S/C22H27N5/c1-16-8-7-9-19(12-16)14-24-22(23-4)25-15-20-10-5-6-11-21(20)27-18(3)13-17(2)26-27/h5-13H,14-15H2,1-4H3,(H2,23,24,25). The summed E-state index contributed by atoms with van der Waals surface area (Å²) in [6.07, 6.45) is 0. The van der Waals surface area contributed by atoms with Gasteiger partial charge >= 0.3 is 0 Å². The van der Waals surface area contributed by atoms with Gasteiger partial charge in [0.1, 0.15) is 0 Å². The van der Waals surface area contributed by atoms with E-state index in [1.807, 2.05) is 17.7 Å². The molecule has 0 radical (unpaired) electrons. The van der Waals surface area contributed by atoms with Crippen molar-refractivity contribution in [3.8, 4) is 5.69 Å². The molecule has 0 aliphatic carbocycles. The Bertz CT molecular complexity index is 939. The minimum Gasteiger partial charge on any atom is -0.352 e. The van der Waals surface area contributed by atoms with E-state index in [0.717, 1.165) is 29.6 Å². The molecule has 0 unspecified atom stereocenters. The van der Waals surface area contributed by atoms with Crippen LogP contribution in [0.5, 0.6) is 0 Å². The van der Waals surface area contributed by atoms with Crippen molar-refractivity contribution in [3.05, 3.63) is 82.7 Å². The number of nitrogens with zero attached hydrogens (tertiary/aromatic N) is 3. The van der Waals surface area contributed by atoms with Crippen LogP contribution in [0, 0.1) is 20.8 Å². The Labute approximate surface area is 161 Å². The molecule has 5 nitrogen and oxygen atoms in total. The lowest BCUT2D eigenvalue weighted by Gasteiger charge is -2.15. The molecule has 1 heterocycles. The Hall–Kier alpha value is -3.08. The molecule has 3 aromatic rings. The number of hydrogen-bond donors (Lipinski definition) is 2. The van der Waals surface area contributed by atoms with E-state index in [0.29, 0.717) is 6.54 Å². The average molecular weight is 361 g/mol. The normalized spacial score (nSPS) is 11.5. The quantitative estimate of drug-likeness (QED) is 0.539. The molecule has 0 saturated carbocycles. The molecule has 5 heteroatoms. The molecule has 3 rings (SSSR count). The minimum absolute atomic E-state index is 0.669. The van der Waals surface area contributed by atoms with Gasteiger partial charge in [-0.25, -0.2) is 4.68 Å². The largest absolute Gasteiger partial charge is 0.352 e. The summed E-state index contributed by atoms with van der Waals surface area (Å²) in [5, 5.41) is 11.4. The van der Waals surface area contributed by atoms with E-state index in [9.17, 15) is 0 Å². The predicted octanol–water partition coefficient (Wildman–Crippen LogP) is 3.66. The number of aromatic nitrogens is 2. The van der Waals surface area contributed by atoms with Crippen molar-refractivity contribution < 1.29 is 0 Å². The third kappa shape index (κ3) is 4.76. The van der Waals surface area contributed by atoms with Crippen molar-refractivity contribution in [2.45, 2.75) is 33.9 Å². The summed E-state index contributed by atoms with van der Waals surface area (Å²) in [7, 11) is 1.79. The molecule has 0 atom stereocenters. The number of benzene rings is 2. The lowest BCUT2D eigenvalue weighted by Crippen LogP contribution is -2.36. The van der Waals surface area contributed by atoms with Gasteiger partial charge in [0.2, 0.25) is 0 Å². The Kier molecular flexibility index (Phi) is 5.91. The van der Waals surface area contributed by atoms with Crippen LogP contribution >= 0.6 is 0 Å². The third-order valence-corrected chi connectivity index (χ3v) is 4.44. The van der Waals surface area contributed by atoms with Crippen molar-refractivity contribution >= 4 is 5.96 Å². The van der Waals surface area contributed by atoms with Crippen LogP contribution in [0.15, 0.2) is 59.6 Å². The maximum absolute atomic E-state index is 4.62. The second-order valence-electron chi connectivity index (χ2n) is 6.74. The Morgan fingerprint density at radius 2 is 1.74 bits per heavy atom. The number of aryl methyl sites for hydroxylation is 3. The van der Waals surface area contributed by atoms with Crippen LogP contribution in [-0.2, 0) is 13.1 Å². The topological polar surface area (TPSA) is 54.2 Å². The molecule has 1 aromatic heterocycles. The molecule has 2 aromatic carbocycles. The second kappa shape index (κ2) is 8.54. The van der Waals surface area contributed by atoms with E-state index >= 15 is 0 Å². The van der Waals surface area contributed by atoms with Crippen molar-refractivity contribution in [3.63, 3.8) is 0 Å². The van der Waals surface area contributed by atoms with E-state index in [4.69, 9.17) is 0 Å². The van der Waals surface area contributed by atoms with Crippen LogP contribution in [0.25, 0.3) is 5.69 Å². The van der Waals surface area contributed by atoms with E-state index < -0.39 is 0 Å². The fourth-order valence-corrected chi connectivity index (χ4v) is 3.15. The monoisotopic (exact) mass is 361 g/mol. The van der Waals surface area contributed by atoms with Crippen LogP contribution in [0.2, 0.25) is 0 Å². The summed E-state index contributed by atoms with van der Waals surface area (Å²) in [5.41, 5.74) is 6.90. The fourth-order valence-electron chi connectivity index (χ4n) is 3.15. The SMILES string of the molecule is CN=C(NCc1cccc(C)c1)NCc1ccccc1-n1nc(C)cc1C. The van der Waals surface area contributed by atoms with Gasteiger partial charge in [-0.3, -0.25) is 4.99 Å². The summed E-state index contributed by atoms with van der Waals surface area (Å²) in [6.45, 7) is 7.60. The van der Waals surface area contributed by atoms with Crippen molar-refractivity contribution in [1.82, 2.24) is 20.4 Å². The zero-order valence-corrected chi connectivity index (χ0v) is 16.5. The summed E-state index contributed by atoms with van der Waals surface area (Å²) < 4.78 is 2.00. The first-order valence-electron chi connectivity index (χ1n) is 9.18. The highest BCUT2D eigenvalue weighted by Crippen LogP contribution is 2.16. The highest BCUT2D eigenvalue weighted by molar-refractivity contribution is 5.79. The van der Waals surface area contributed by atoms with E-state index in [1.54, 1.807) is 7.05 Å². The van der Waals surface area contributed by atoms with E-state index in [2.05, 4.69) is 83.1 Å². The molecule has 0 bridgehead atoms. The highest BCUT2D eigenvalue weighted by atomic mass is 15.3. The summed E-state index contributed by atoms with van der Waals surface area (Å²) >= 11 is 0. The maximum atomic E-state index is 4.62. The number of guanidine groups is 1. The zero-order valence-electron chi connectivity index (χ0n) is 16.5. The molecule has 0 amide bonds. The van der Waals surface area contributed by atoms with Crippen molar-refractivity contribution in [2.75, 3.05) is 7.05 Å². The molecule has 0 spiro atoms. The molecular weight excluding hydrogens is 334 g/mol. The van der Waals surface area contributed by atoms with Crippen LogP contribution in [0.3, 0.4) is 0 Å². The highest BCUT2D eigenvalue weighted by Gasteiger charge is 2.09. The van der Waals surface area contributed by atoms with Crippen LogP contribution in [0.4, 0.5) is 0 Å². The zero-order chi connectivity index (χ0) is 19.2. The van der Waals surface area contributed by atoms with Gasteiger partial charge in [0.05, 0.1) is 11.4 Å². The van der Waals surface area contributed by atoms with Crippen molar-refractivity contribution in [2.24, 2.45) is 4.99 Å². The van der Waals surface area contributed by atoms with Gasteiger partial charge in [-0.15, -0.1) is 0 Å². The van der Waals surface area contributed by atoms with Crippen LogP contribution < -0.4 is 10.6 Å². The van der Waals surface area contributed by atoms with Gasteiger partial charge < -0.3 is 10.6 Å².